The Kier molecular flexibility index (Phi) is 4.16. The number of hydrogen-bond donors (Lipinski definition) is 1. The highest BCUT2D eigenvalue weighted by atomic mass is 32.2. The van der Waals surface area contributed by atoms with Gasteiger partial charge in [0, 0.05) is 23.5 Å². The first kappa shape index (κ1) is 16.0. The van der Waals surface area contributed by atoms with E-state index in [4.69, 9.17) is 12.2 Å². The zero-order valence-corrected chi connectivity index (χ0v) is 15.1. The molecular weight excluding hydrogens is 328 g/mol. The third-order valence-corrected chi connectivity index (χ3v) is 4.93. The number of aromatic nitrogens is 3. The van der Waals surface area contributed by atoms with E-state index in [1.54, 1.807) is 0 Å². The summed E-state index contributed by atoms with van der Waals surface area (Å²) in [5.41, 5.74) is 3.19. The largest absolute Gasteiger partial charge is 0.307 e. The second-order valence-corrected chi connectivity index (χ2v) is 7.46. The van der Waals surface area contributed by atoms with E-state index in [1.807, 2.05) is 29.9 Å². The average molecular weight is 346 g/mol. The van der Waals surface area contributed by atoms with Gasteiger partial charge in [-0.05, 0) is 45.4 Å². The van der Waals surface area contributed by atoms with E-state index in [9.17, 15) is 4.79 Å². The minimum Gasteiger partial charge on any atom is -0.307 e. The fourth-order valence-electron chi connectivity index (χ4n) is 2.73. The Bertz CT molecular complexity index is 829. The van der Waals surface area contributed by atoms with Crippen molar-refractivity contribution in [2.45, 2.75) is 33.7 Å². The number of rotatable bonds is 3. The fourth-order valence-corrected chi connectivity index (χ4v) is 3.77. The second-order valence-electron chi connectivity index (χ2n) is 5.74. The third kappa shape index (κ3) is 2.86. The van der Waals surface area contributed by atoms with Crippen LogP contribution in [0.2, 0.25) is 0 Å². The first-order chi connectivity index (χ1) is 10.9. The molecule has 0 saturated carbocycles. The minimum absolute atomic E-state index is 0.128. The lowest BCUT2D eigenvalue weighted by Crippen LogP contribution is -2.17. The van der Waals surface area contributed by atoms with Crippen LogP contribution < -0.4 is 5.32 Å². The van der Waals surface area contributed by atoms with Crippen molar-refractivity contribution >= 4 is 40.3 Å². The molecule has 0 unspecified atom stereocenters. The summed E-state index contributed by atoms with van der Waals surface area (Å²) < 4.78 is 4.66. The molecule has 7 heteroatoms. The van der Waals surface area contributed by atoms with Crippen LogP contribution in [-0.4, -0.2) is 24.6 Å². The Balaban J connectivity index is 2.07. The molecule has 1 saturated heterocycles. The van der Waals surface area contributed by atoms with Gasteiger partial charge in [0.15, 0.2) is 0 Å². The Hall–Kier alpha value is -1.86. The number of thioether (sulfide) groups is 1. The molecule has 0 aliphatic carbocycles. The maximum atomic E-state index is 11.9. The van der Waals surface area contributed by atoms with Crippen LogP contribution in [0.5, 0.6) is 0 Å². The Morgan fingerprint density at radius 2 is 2.13 bits per heavy atom. The van der Waals surface area contributed by atoms with Crippen molar-refractivity contribution in [3.63, 3.8) is 0 Å². The van der Waals surface area contributed by atoms with Gasteiger partial charge in [-0.15, -0.1) is 0 Å². The molecule has 0 radical (unpaired) electrons. The van der Waals surface area contributed by atoms with E-state index >= 15 is 0 Å². The number of carbonyl (C=O) groups is 1. The number of hydrogen-bond acceptors (Lipinski definition) is 4. The third-order valence-electron chi connectivity index (χ3n) is 3.77. The van der Waals surface area contributed by atoms with Gasteiger partial charge in [0.05, 0.1) is 11.1 Å². The summed E-state index contributed by atoms with van der Waals surface area (Å²) in [6.07, 6.45) is 3.71. The smallest absolute Gasteiger partial charge is 0.263 e. The lowest BCUT2D eigenvalue weighted by molar-refractivity contribution is -0.115. The van der Waals surface area contributed by atoms with E-state index in [1.165, 1.54) is 11.8 Å². The lowest BCUT2D eigenvalue weighted by atomic mass is 10.2. The SMILES string of the molecule is Cc1cc(C=C2SC(=S)NC2=O)c(C)n1-c1ccnn1C(C)C. The van der Waals surface area contributed by atoms with Crippen molar-refractivity contribution in [3.05, 3.63) is 40.2 Å². The molecule has 3 heterocycles. The summed E-state index contributed by atoms with van der Waals surface area (Å²) in [7, 11) is 0. The molecule has 2 aromatic rings. The second kappa shape index (κ2) is 5.98. The van der Waals surface area contributed by atoms with Gasteiger partial charge in [0.2, 0.25) is 0 Å². The average Bonchev–Trinajstić information content (AvgIpc) is 3.11. The predicted octanol–water partition coefficient (Wildman–Crippen LogP) is 3.36. The molecule has 5 nitrogen and oxygen atoms in total. The van der Waals surface area contributed by atoms with Crippen molar-refractivity contribution in [2.75, 3.05) is 0 Å². The number of thiocarbonyl (C=S) groups is 1. The predicted molar refractivity (Wildman–Crippen MR) is 97.7 cm³/mol. The maximum Gasteiger partial charge on any atom is 0.263 e. The maximum absolute atomic E-state index is 11.9. The van der Waals surface area contributed by atoms with Crippen LogP contribution in [0.3, 0.4) is 0 Å². The highest BCUT2D eigenvalue weighted by Gasteiger charge is 2.23. The summed E-state index contributed by atoms with van der Waals surface area (Å²) >= 11 is 6.34. The van der Waals surface area contributed by atoms with Crippen LogP contribution in [0.4, 0.5) is 0 Å². The number of amides is 1. The first-order valence-electron chi connectivity index (χ1n) is 7.36. The Morgan fingerprint density at radius 1 is 1.39 bits per heavy atom. The zero-order chi connectivity index (χ0) is 16.7. The van der Waals surface area contributed by atoms with Crippen LogP contribution >= 0.6 is 24.0 Å². The minimum atomic E-state index is -0.128. The molecule has 1 fully saturated rings. The summed E-state index contributed by atoms with van der Waals surface area (Å²) in [4.78, 5) is 12.5. The highest BCUT2D eigenvalue weighted by molar-refractivity contribution is 8.26. The van der Waals surface area contributed by atoms with Crippen LogP contribution in [0.25, 0.3) is 11.9 Å². The summed E-state index contributed by atoms with van der Waals surface area (Å²) in [6.45, 7) is 8.31. The molecule has 0 spiro atoms. The van der Waals surface area contributed by atoms with Crippen molar-refractivity contribution in [1.29, 1.82) is 0 Å². The van der Waals surface area contributed by atoms with Crippen molar-refractivity contribution in [2.24, 2.45) is 0 Å². The number of nitrogens with zero attached hydrogens (tertiary/aromatic N) is 3. The normalized spacial score (nSPS) is 16.7. The standard InChI is InChI=1S/C16H18N4OS2/c1-9(2)20-14(5-6-17-20)19-10(3)7-12(11(19)4)8-13-15(21)18-16(22)23-13/h5-9H,1-4H3,(H,18,21,22). The number of nitrogens with one attached hydrogen (secondary N) is 1. The molecular formula is C16H18N4OS2. The molecule has 23 heavy (non-hydrogen) atoms. The van der Waals surface area contributed by atoms with Crippen LogP contribution in [0, 0.1) is 13.8 Å². The fraction of sp³-hybridized carbons (Fsp3) is 0.312. The van der Waals surface area contributed by atoms with Crippen LogP contribution in [0.1, 0.15) is 36.8 Å². The quantitative estimate of drug-likeness (QED) is 0.684. The first-order valence-corrected chi connectivity index (χ1v) is 8.58. The van der Waals surface area contributed by atoms with Gasteiger partial charge in [-0.2, -0.15) is 5.10 Å². The molecule has 3 rings (SSSR count). The van der Waals surface area contributed by atoms with E-state index in [2.05, 4.69) is 41.8 Å². The molecule has 120 valence electrons. The van der Waals surface area contributed by atoms with E-state index in [0.29, 0.717) is 9.23 Å². The van der Waals surface area contributed by atoms with Gasteiger partial charge >= 0.3 is 0 Å². The van der Waals surface area contributed by atoms with Gasteiger partial charge < -0.3 is 9.88 Å². The van der Waals surface area contributed by atoms with E-state index < -0.39 is 0 Å². The van der Waals surface area contributed by atoms with Crippen molar-refractivity contribution in [3.8, 4) is 5.82 Å². The Labute approximate surface area is 144 Å². The van der Waals surface area contributed by atoms with Gasteiger partial charge in [-0.3, -0.25) is 4.79 Å². The zero-order valence-electron chi connectivity index (χ0n) is 13.5. The molecule has 0 bridgehead atoms. The molecule has 1 aliphatic heterocycles. The lowest BCUT2D eigenvalue weighted by Gasteiger charge is -2.15. The molecule has 1 amide bonds. The Morgan fingerprint density at radius 3 is 2.74 bits per heavy atom. The molecule has 0 aromatic carbocycles. The van der Waals surface area contributed by atoms with Gasteiger partial charge in [0.25, 0.3) is 5.91 Å². The highest BCUT2D eigenvalue weighted by Crippen LogP contribution is 2.29. The van der Waals surface area contributed by atoms with Crippen molar-refractivity contribution < 1.29 is 4.79 Å². The molecule has 2 aromatic heterocycles. The van der Waals surface area contributed by atoms with E-state index in [0.717, 1.165) is 22.8 Å². The molecule has 1 N–H and O–H groups in total. The van der Waals surface area contributed by atoms with Crippen LogP contribution in [-0.2, 0) is 4.79 Å². The number of carbonyl (C=O) groups excluding carboxylic acids is 1. The number of aryl methyl sites for hydroxylation is 1. The topological polar surface area (TPSA) is 51.9 Å². The van der Waals surface area contributed by atoms with Gasteiger partial charge in [-0.25, -0.2) is 4.68 Å². The summed E-state index contributed by atoms with van der Waals surface area (Å²) in [6, 6.07) is 4.36. The van der Waals surface area contributed by atoms with Gasteiger partial charge in [0.1, 0.15) is 10.1 Å². The summed E-state index contributed by atoms with van der Waals surface area (Å²) in [5.74, 6) is 0.899. The summed E-state index contributed by atoms with van der Waals surface area (Å²) in [5, 5.41) is 7.05. The van der Waals surface area contributed by atoms with E-state index in [-0.39, 0.29) is 11.9 Å². The van der Waals surface area contributed by atoms with Crippen LogP contribution in [0.15, 0.2) is 23.2 Å². The van der Waals surface area contributed by atoms with Gasteiger partial charge in [-0.1, -0.05) is 24.0 Å². The van der Waals surface area contributed by atoms with Crippen molar-refractivity contribution in [1.82, 2.24) is 19.7 Å². The molecule has 1 aliphatic rings. The monoisotopic (exact) mass is 346 g/mol. The molecule has 0 atom stereocenters.